The van der Waals surface area contributed by atoms with Crippen LogP contribution >= 0.6 is 0 Å². The summed E-state index contributed by atoms with van der Waals surface area (Å²) in [6.45, 7) is 17.6. The van der Waals surface area contributed by atoms with E-state index in [4.69, 9.17) is 9.16 Å². The molecule has 1 aromatic heterocycles. The molecule has 2 atom stereocenters. The molecule has 3 rings (SSSR count). The third-order valence-electron chi connectivity index (χ3n) is 7.95. The summed E-state index contributed by atoms with van der Waals surface area (Å²) in [5.41, 5.74) is 1.31. The molecule has 1 aliphatic carbocycles. The average Bonchev–Trinajstić information content (AvgIpc) is 2.76. The Balaban J connectivity index is 1.86. The van der Waals surface area contributed by atoms with Crippen molar-refractivity contribution in [3.63, 3.8) is 0 Å². The van der Waals surface area contributed by atoms with Crippen LogP contribution in [0.3, 0.4) is 0 Å². The van der Waals surface area contributed by atoms with Gasteiger partial charge in [0.25, 0.3) is 5.56 Å². The number of ether oxygens (including phenoxy) is 1. The van der Waals surface area contributed by atoms with E-state index in [9.17, 15) is 9.59 Å². The number of H-pyrrole nitrogens is 1. The van der Waals surface area contributed by atoms with Crippen LogP contribution in [0.1, 0.15) is 85.4 Å². The van der Waals surface area contributed by atoms with Crippen molar-refractivity contribution in [2.45, 2.75) is 116 Å². The Morgan fingerprint density at radius 1 is 1.03 bits per heavy atom. The molecular weight excluding hydrogens is 434 g/mol. The lowest BCUT2D eigenvalue weighted by Gasteiger charge is -2.46. The van der Waals surface area contributed by atoms with Crippen LogP contribution in [0, 0.1) is 6.92 Å². The third kappa shape index (κ3) is 5.72. The fraction of sp³-hybridized carbons (Fsp3) is 0.840. The second kappa shape index (κ2) is 11.0. The van der Waals surface area contributed by atoms with Gasteiger partial charge in [0, 0.05) is 30.9 Å². The van der Waals surface area contributed by atoms with Crippen LogP contribution in [0.5, 0.6) is 0 Å². The van der Waals surface area contributed by atoms with Gasteiger partial charge in [0.1, 0.15) is 0 Å². The Morgan fingerprint density at radius 2 is 1.64 bits per heavy atom. The maximum Gasteiger partial charge on any atom is 0.330 e. The van der Waals surface area contributed by atoms with Crippen molar-refractivity contribution < 1.29 is 9.16 Å². The summed E-state index contributed by atoms with van der Waals surface area (Å²) < 4.78 is 15.0. The lowest BCUT2D eigenvalue weighted by atomic mass is 9.93. The molecule has 8 heteroatoms. The number of aryl methyl sites for hydroxylation is 1. The maximum absolute atomic E-state index is 12.7. The summed E-state index contributed by atoms with van der Waals surface area (Å²) in [7, 11) is -2.02. The van der Waals surface area contributed by atoms with Gasteiger partial charge in [0.05, 0.1) is 12.7 Å². The van der Waals surface area contributed by atoms with Gasteiger partial charge in [-0.25, -0.2) is 4.79 Å². The van der Waals surface area contributed by atoms with E-state index in [0.29, 0.717) is 41.4 Å². The minimum Gasteiger partial charge on any atom is -0.413 e. The Hall–Kier alpha value is -1.22. The first kappa shape index (κ1) is 26.4. The van der Waals surface area contributed by atoms with Gasteiger partial charge in [0.2, 0.25) is 0 Å². The highest BCUT2D eigenvalue weighted by Crippen LogP contribution is 2.42. The van der Waals surface area contributed by atoms with Gasteiger partial charge in [-0.15, -0.1) is 0 Å². The zero-order valence-electron chi connectivity index (χ0n) is 21.7. The van der Waals surface area contributed by atoms with Gasteiger partial charge in [0.15, 0.2) is 14.5 Å². The topological polar surface area (TPSA) is 76.6 Å². The minimum absolute atomic E-state index is 0.104. The van der Waals surface area contributed by atoms with Crippen LogP contribution in [0.4, 0.5) is 0 Å². The van der Waals surface area contributed by atoms with E-state index in [0.717, 1.165) is 6.54 Å². The molecule has 0 amide bonds. The summed E-state index contributed by atoms with van der Waals surface area (Å²) in [6, 6.07) is 0.523. The van der Waals surface area contributed by atoms with Crippen molar-refractivity contribution in [2.24, 2.45) is 0 Å². The van der Waals surface area contributed by atoms with E-state index in [2.05, 4.69) is 51.4 Å². The second-order valence-electron chi connectivity index (χ2n) is 11.1. The lowest BCUT2D eigenvalue weighted by Crippen LogP contribution is -2.55. The monoisotopic (exact) mass is 479 g/mol. The van der Waals surface area contributed by atoms with Crippen LogP contribution in [-0.4, -0.2) is 54.6 Å². The normalized spacial score (nSPS) is 23.7. The molecule has 2 aliphatic rings. The van der Waals surface area contributed by atoms with Crippen LogP contribution in [0.25, 0.3) is 0 Å². The molecule has 188 valence electrons. The fourth-order valence-corrected chi connectivity index (χ4v) is 11.8. The molecule has 7 nitrogen and oxygen atoms in total. The van der Waals surface area contributed by atoms with E-state index in [1.165, 1.54) is 32.1 Å². The summed E-state index contributed by atoms with van der Waals surface area (Å²) in [5.74, 6) is 0. The summed E-state index contributed by atoms with van der Waals surface area (Å²) in [4.78, 5) is 29.5. The predicted molar refractivity (Wildman–Crippen MR) is 135 cm³/mol. The van der Waals surface area contributed by atoms with Crippen molar-refractivity contribution in [3.05, 3.63) is 32.6 Å². The molecule has 2 fully saturated rings. The molecule has 33 heavy (non-hydrogen) atoms. The Bertz CT molecular complexity index is 867. The zero-order chi connectivity index (χ0) is 24.3. The van der Waals surface area contributed by atoms with Gasteiger partial charge in [-0.3, -0.25) is 19.2 Å². The first-order valence-corrected chi connectivity index (χ1v) is 15.1. The fourth-order valence-electron chi connectivity index (χ4n) is 6.37. The van der Waals surface area contributed by atoms with E-state index in [-0.39, 0.29) is 11.7 Å². The van der Waals surface area contributed by atoms with Gasteiger partial charge in [-0.2, -0.15) is 0 Å². The Morgan fingerprint density at radius 3 is 2.21 bits per heavy atom. The average molecular weight is 480 g/mol. The SMILES string of the molecule is Cc1cn([C@H]2CN(C3CCCCC3)CC(CO[Si](C(C)C)(C(C)C)C(C)C)O2)c(=O)[nH]c1=O. The highest BCUT2D eigenvalue weighted by Gasteiger charge is 2.46. The van der Waals surface area contributed by atoms with Gasteiger partial charge < -0.3 is 9.16 Å². The molecule has 1 N–H and O–H groups in total. The predicted octanol–water partition coefficient (Wildman–Crippen LogP) is 4.57. The Kier molecular flexibility index (Phi) is 8.81. The number of aromatic nitrogens is 2. The first-order chi connectivity index (χ1) is 15.6. The molecule has 0 spiro atoms. The number of rotatable bonds is 8. The smallest absolute Gasteiger partial charge is 0.330 e. The standard InChI is InChI=1S/C25H45N3O4Si/c1-17(2)33(18(3)4,19(5)6)31-16-22-14-27(21-11-9-8-10-12-21)15-23(32-22)28-13-20(7)24(29)26-25(28)30/h13,17-19,21-23H,8-12,14-16H2,1-7H3,(H,26,29,30)/t22?,23-/m1/s1. The number of hydrogen-bond donors (Lipinski definition) is 1. The van der Waals surface area contributed by atoms with Crippen molar-refractivity contribution in [1.29, 1.82) is 0 Å². The molecule has 1 unspecified atom stereocenters. The van der Waals surface area contributed by atoms with Gasteiger partial charge >= 0.3 is 5.69 Å². The number of hydrogen-bond acceptors (Lipinski definition) is 5. The molecular formula is C25H45N3O4Si. The molecule has 0 radical (unpaired) electrons. The summed E-state index contributed by atoms with van der Waals surface area (Å²) in [5, 5.41) is 0. The highest BCUT2D eigenvalue weighted by molar-refractivity contribution is 6.77. The number of nitrogens with zero attached hydrogens (tertiary/aromatic N) is 2. The minimum atomic E-state index is -2.02. The Labute approximate surface area is 200 Å². The quantitative estimate of drug-likeness (QED) is 0.553. The molecule has 0 aromatic carbocycles. The lowest BCUT2D eigenvalue weighted by molar-refractivity contribution is -0.145. The van der Waals surface area contributed by atoms with Crippen LogP contribution in [0.2, 0.25) is 16.6 Å². The molecule has 1 saturated carbocycles. The van der Waals surface area contributed by atoms with Gasteiger partial charge in [-0.05, 0) is 36.4 Å². The van der Waals surface area contributed by atoms with Crippen LogP contribution in [-0.2, 0) is 9.16 Å². The largest absolute Gasteiger partial charge is 0.413 e. The zero-order valence-corrected chi connectivity index (χ0v) is 22.7. The van der Waals surface area contributed by atoms with Crippen molar-refractivity contribution >= 4 is 8.32 Å². The molecule has 1 saturated heterocycles. The van der Waals surface area contributed by atoms with E-state index in [1.807, 2.05) is 0 Å². The van der Waals surface area contributed by atoms with Crippen LogP contribution in [0.15, 0.2) is 15.8 Å². The molecule has 2 heterocycles. The maximum atomic E-state index is 12.7. The molecule has 0 bridgehead atoms. The van der Waals surface area contributed by atoms with Crippen molar-refractivity contribution in [3.8, 4) is 0 Å². The third-order valence-corrected chi connectivity index (χ3v) is 14.0. The van der Waals surface area contributed by atoms with Crippen LogP contribution < -0.4 is 11.2 Å². The second-order valence-corrected chi connectivity index (χ2v) is 16.5. The summed E-state index contributed by atoms with van der Waals surface area (Å²) >= 11 is 0. The van der Waals surface area contributed by atoms with E-state index >= 15 is 0 Å². The number of nitrogens with one attached hydrogen (secondary N) is 1. The van der Waals surface area contributed by atoms with E-state index < -0.39 is 20.2 Å². The van der Waals surface area contributed by atoms with E-state index in [1.54, 1.807) is 17.7 Å². The van der Waals surface area contributed by atoms with Crippen molar-refractivity contribution in [1.82, 2.24) is 14.5 Å². The highest BCUT2D eigenvalue weighted by atomic mass is 28.4. The number of aromatic amines is 1. The summed E-state index contributed by atoms with van der Waals surface area (Å²) in [6.07, 6.45) is 7.33. The number of morpholine rings is 1. The molecule has 1 aromatic rings. The van der Waals surface area contributed by atoms with Gasteiger partial charge in [-0.1, -0.05) is 60.8 Å². The molecule has 1 aliphatic heterocycles. The van der Waals surface area contributed by atoms with Crippen molar-refractivity contribution in [2.75, 3.05) is 19.7 Å². The first-order valence-electron chi connectivity index (χ1n) is 12.9.